The Labute approximate surface area is 204 Å². The van der Waals surface area contributed by atoms with E-state index in [0.717, 1.165) is 48.8 Å². The number of anilines is 2. The Balaban J connectivity index is 1.28. The highest BCUT2D eigenvalue weighted by molar-refractivity contribution is 6.21. The van der Waals surface area contributed by atoms with Crippen LogP contribution in [0.5, 0.6) is 11.5 Å². The van der Waals surface area contributed by atoms with Gasteiger partial charge in [-0.05, 0) is 49.7 Å². The van der Waals surface area contributed by atoms with E-state index in [4.69, 9.17) is 10.5 Å². The maximum atomic E-state index is 13.2. The lowest BCUT2D eigenvalue weighted by Gasteiger charge is -2.42. The van der Waals surface area contributed by atoms with Crippen molar-refractivity contribution in [3.8, 4) is 11.5 Å². The molecule has 0 aliphatic carbocycles. The number of ether oxygens (including phenoxy) is 1. The van der Waals surface area contributed by atoms with Crippen LogP contribution in [-0.2, 0) is 0 Å². The summed E-state index contributed by atoms with van der Waals surface area (Å²) in [5.41, 5.74) is 10.1. The Morgan fingerprint density at radius 2 is 1.51 bits per heavy atom. The van der Waals surface area contributed by atoms with Crippen molar-refractivity contribution in [2.45, 2.75) is 25.4 Å². The van der Waals surface area contributed by atoms with E-state index in [-0.39, 0.29) is 23.9 Å². The van der Waals surface area contributed by atoms with Gasteiger partial charge >= 0.3 is 0 Å². The Morgan fingerprint density at radius 3 is 2.23 bits per heavy atom. The van der Waals surface area contributed by atoms with Gasteiger partial charge in [-0.2, -0.15) is 0 Å². The van der Waals surface area contributed by atoms with Crippen molar-refractivity contribution in [3.05, 3.63) is 83.4 Å². The van der Waals surface area contributed by atoms with Crippen molar-refractivity contribution in [3.63, 3.8) is 0 Å². The number of piperazine rings is 1. The highest BCUT2D eigenvalue weighted by Crippen LogP contribution is 2.39. The third kappa shape index (κ3) is 3.54. The van der Waals surface area contributed by atoms with Crippen LogP contribution in [0.3, 0.4) is 0 Å². The monoisotopic (exact) mass is 468 g/mol. The van der Waals surface area contributed by atoms with E-state index < -0.39 is 0 Å². The smallest absolute Gasteiger partial charge is 0.261 e. The van der Waals surface area contributed by atoms with Gasteiger partial charge in [0.15, 0.2) is 0 Å². The predicted molar refractivity (Wildman–Crippen MR) is 135 cm³/mol. The lowest BCUT2D eigenvalue weighted by atomic mass is 10.0. The molecule has 2 amide bonds. The van der Waals surface area contributed by atoms with E-state index >= 15 is 0 Å². The number of amides is 2. The lowest BCUT2D eigenvalue weighted by molar-refractivity contribution is 0.0538. The van der Waals surface area contributed by atoms with Crippen molar-refractivity contribution in [2.75, 3.05) is 36.8 Å². The van der Waals surface area contributed by atoms with Crippen molar-refractivity contribution in [1.29, 1.82) is 0 Å². The molecule has 3 aliphatic rings. The minimum Gasteiger partial charge on any atom is -0.457 e. The fraction of sp³-hybridized carbons (Fsp3) is 0.286. The molecule has 2 fully saturated rings. The van der Waals surface area contributed by atoms with Crippen LogP contribution in [0.15, 0.2) is 66.7 Å². The molecule has 6 rings (SSSR count). The average molecular weight is 469 g/mol. The molecule has 0 saturated carbocycles. The van der Waals surface area contributed by atoms with E-state index in [1.807, 2.05) is 61.5 Å². The van der Waals surface area contributed by atoms with Gasteiger partial charge in [0, 0.05) is 37.8 Å². The van der Waals surface area contributed by atoms with Gasteiger partial charge in [-0.3, -0.25) is 19.4 Å². The minimum absolute atomic E-state index is 0.0588. The standard InChI is InChI=1S/C28H28N4O3/c1-18-25(35-19-7-3-2-4-8-19)12-11-22(29)26(18)31-16-15-30-14-13-23(24(30)17-31)32-27(33)20-9-5-6-10-21(20)28(32)34/h2-12,23-24H,13-17,29H2,1H3/t23-,24-/m1/s1. The summed E-state index contributed by atoms with van der Waals surface area (Å²) in [5.74, 6) is 1.19. The second kappa shape index (κ2) is 8.43. The Kier molecular flexibility index (Phi) is 5.22. The van der Waals surface area contributed by atoms with E-state index in [1.54, 1.807) is 12.1 Å². The fourth-order valence-electron chi connectivity index (χ4n) is 5.84. The summed E-state index contributed by atoms with van der Waals surface area (Å²) in [6.07, 6.45) is 0.787. The second-order valence-corrected chi connectivity index (χ2v) is 9.47. The van der Waals surface area contributed by atoms with Crippen LogP contribution in [0.4, 0.5) is 11.4 Å². The molecule has 3 aromatic rings. The maximum absolute atomic E-state index is 13.2. The maximum Gasteiger partial charge on any atom is 0.261 e. The topological polar surface area (TPSA) is 79.1 Å². The molecule has 2 N–H and O–H groups in total. The van der Waals surface area contributed by atoms with Gasteiger partial charge in [-0.15, -0.1) is 0 Å². The van der Waals surface area contributed by atoms with Crippen molar-refractivity contribution in [2.24, 2.45) is 0 Å². The molecule has 0 unspecified atom stereocenters. The second-order valence-electron chi connectivity index (χ2n) is 9.47. The first-order valence-corrected chi connectivity index (χ1v) is 12.1. The zero-order chi connectivity index (χ0) is 24.1. The zero-order valence-electron chi connectivity index (χ0n) is 19.7. The predicted octanol–water partition coefficient (Wildman–Crippen LogP) is 3.93. The third-order valence-electron chi connectivity index (χ3n) is 7.55. The van der Waals surface area contributed by atoms with Crippen LogP contribution in [0, 0.1) is 6.92 Å². The molecule has 7 nitrogen and oxygen atoms in total. The summed E-state index contributed by atoms with van der Waals surface area (Å²) in [5, 5.41) is 0. The Bertz CT molecular complexity index is 1270. The lowest BCUT2D eigenvalue weighted by Crippen LogP contribution is -2.57. The summed E-state index contributed by atoms with van der Waals surface area (Å²) < 4.78 is 6.16. The number of carbonyl (C=O) groups excluding carboxylic acids is 2. The van der Waals surface area contributed by atoms with Crippen LogP contribution >= 0.6 is 0 Å². The fourth-order valence-corrected chi connectivity index (χ4v) is 5.84. The normalized spacial score (nSPS) is 21.9. The number of nitrogens with two attached hydrogens (primary N) is 1. The molecule has 3 aromatic carbocycles. The van der Waals surface area contributed by atoms with Crippen LogP contribution in [0.25, 0.3) is 0 Å². The van der Waals surface area contributed by atoms with Gasteiger partial charge < -0.3 is 15.4 Å². The third-order valence-corrected chi connectivity index (χ3v) is 7.55. The number of para-hydroxylation sites is 1. The molecule has 3 aliphatic heterocycles. The van der Waals surface area contributed by atoms with Crippen LogP contribution in [-0.4, -0.2) is 59.9 Å². The molecule has 35 heavy (non-hydrogen) atoms. The molecule has 178 valence electrons. The van der Waals surface area contributed by atoms with Crippen LogP contribution < -0.4 is 15.4 Å². The number of nitrogen functional groups attached to an aromatic ring is 1. The van der Waals surface area contributed by atoms with Gasteiger partial charge in [0.25, 0.3) is 11.8 Å². The Morgan fingerprint density at radius 1 is 0.829 bits per heavy atom. The SMILES string of the molecule is Cc1c(Oc2ccccc2)ccc(N)c1N1CCN2CC[C@@H](N3C(=O)c4ccccc4C3=O)[C@H]2C1. The average Bonchev–Trinajstić information content (AvgIpc) is 3.40. The summed E-state index contributed by atoms with van der Waals surface area (Å²) in [7, 11) is 0. The van der Waals surface area contributed by atoms with Gasteiger partial charge in [0.05, 0.1) is 28.5 Å². The van der Waals surface area contributed by atoms with Crippen LogP contribution in [0.2, 0.25) is 0 Å². The number of hydrogen-bond acceptors (Lipinski definition) is 6. The van der Waals surface area contributed by atoms with E-state index in [9.17, 15) is 9.59 Å². The van der Waals surface area contributed by atoms with Gasteiger partial charge in [-0.1, -0.05) is 30.3 Å². The summed E-state index contributed by atoms with van der Waals surface area (Å²) in [6, 6.07) is 20.5. The number of carbonyl (C=O) groups is 2. The highest BCUT2D eigenvalue weighted by atomic mass is 16.5. The van der Waals surface area contributed by atoms with E-state index in [2.05, 4.69) is 9.80 Å². The molecule has 7 heteroatoms. The van der Waals surface area contributed by atoms with Gasteiger partial charge in [-0.25, -0.2) is 0 Å². The number of benzene rings is 3. The highest BCUT2D eigenvalue weighted by Gasteiger charge is 2.48. The molecule has 0 bridgehead atoms. The first-order valence-electron chi connectivity index (χ1n) is 12.1. The van der Waals surface area contributed by atoms with E-state index in [1.165, 1.54) is 4.90 Å². The number of imide groups is 1. The van der Waals surface area contributed by atoms with Gasteiger partial charge in [0.2, 0.25) is 0 Å². The number of fused-ring (bicyclic) bond motifs is 2. The van der Waals surface area contributed by atoms with Crippen molar-refractivity contribution in [1.82, 2.24) is 9.80 Å². The Hall–Kier alpha value is -3.84. The number of rotatable bonds is 4. The van der Waals surface area contributed by atoms with Gasteiger partial charge in [0.1, 0.15) is 11.5 Å². The first kappa shape index (κ1) is 21.7. The van der Waals surface area contributed by atoms with E-state index in [0.29, 0.717) is 23.4 Å². The molecule has 0 radical (unpaired) electrons. The summed E-state index contributed by atoms with van der Waals surface area (Å²) >= 11 is 0. The first-order chi connectivity index (χ1) is 17.0. The molecule has 0 spiro atoms. The van der Waals surface area contributed by atoms with Crippen LogP contribution in [0.1, 0.15) is 32.7 Å². The molecule has 3 heterocycles. The largest absolute Gasteiger partial charge is 0.457 e. The summed E-state index contributed by atoms with van der Waals surface area (Å²) in [6.45, 7) is 5.28. The summed E-state index contributed by atoms with van der Waals surface area (Å²) in [4.78, 5) is 32.6. The molecule has 0 aromatic heterocycles. The molecule has 2 atom stereocenters. The molecular formula is C28H28N4O3. The minimum atomic E-state index is -0.177. The number of hydrogen-bond donors (Lipinski definition) is 1. The molecular weight excluding hydrogens is 440 g/mol. The zero-order valence-corrected chi connectivity index (χ0v) is 19.7. The molecule has 2 saturated heterocycles. The van der Waals surface area contributed by atoms with Crippen molar-refractivity contribution >= 4 is 23.2 Å². The van der Waals surface area contributed by atoms with Crippen molar-refractivity contribution < 1.29 is 14.3 Å². The number of nitrogens with zero attached hydrogens (tertiary/aromatic N) is 3. The quantitative estimate of drug-likeness (QED) is 0.462.